The van der Waals surface area contributed by atoms with Crippen LogP contribution < -0.4 is 10.6 Å². The third kappa shape index (κ3) is 8.69. The number of carbonyl (C=O) groups is 1. The van der Waals surface area contributed by atoms with E-state index in [-0.39, 0.29) is 24.4 Å². The fourth-order valence-electron chi connectivity index (χ4n) is 1.71. The van der Waals surface area contributed by atoms with Crippen LogP contribution in [0.4, 0.5) is 0 Å². The van der Waals surface area contributed by atoms with Gasteiger partial charge in [0, 0.05) is 26.1 Å². The lowest BCUT2D eigenvalue weighted by atomic mass is 10.2. The van der Waals surface area contributed by atoms with Gasteiger partial charge >= 0.3 is 0 Å². The summed E-state index contributed by atoms with van der Waals surface area (Å²) in [5.41, 5.74) is 0. The summed E-state index contributed by atoms with van der Waals surface area (Å²) in [5, 5.41) is 5.98. The number of nitrogens with one attached hydrogen (secondary N) is 2. The van der Waals surface area contributed by atoms with Crippen LogP contribution in [-0.4, -0.2) is 51.5 Å². The lowest BCUT2D eigenvalue weighted by Crippen LogP contribution is -2.32. The topological polar surface area (TPSA) is 59.6 Å². The van der Waals surface area contributed by atoms with Crippen molar-refractivity contribution in [3.05, 3.63) is 0 Å². The van der Waals surface area contributed by atoms with Crippen LogP contribution in [0.1, 0.15) is 26.2 Å². The number of rotatable bonds is 9. The maximum absolute atomic E-state index is 11.4. The second kappa shape index (κ2) is 11.7. The molecule has 1 saturated heterocycles. The Morgan fingerprint density at radius 2 is 2.28 bits per heavy atom. The van der Waals surface area contributed by atoms with Crippen molar-refractivity contribution in [1.82, 2.24) is 10.6 Å². The number of hydrogen-bond donors (Lipinski definition) is 2. The molecule has 1 aliphatic heterocycles. The van der Waals surface area contributed by atoms with Gasteiger partial charge in [-0.3, -0.25) is 4.79 Å². The van der Waals surface area contributed by atoms with Gasteiger partial charge in [-0.1, -0.05) is 6.92 Å². The molecule has 0 aromatic rings. The summed E-state index contributed by atoms with van der Waals surface area (Å²) in [6.45, 7) is 6.41. The van der Waals surface area contributed by atoms with Crippen LogP contribution in [0, 0.1) is 0 Å². The normalized spacial score (nSPS) is 18.4. The van der Waals surface area contributed by atoms with E-state index in [4.69, 9.17) is 9.47 Å². The molecule has 5 nitrogen and oxygen atoms in total. The van der Waals surface area contributed by atoms with E-state index in [1.54, 1.807) is 0 Å². The predicted octanol–water partition coefficient (Wildman–Crippen LogP) is 0.720. The maximum atomic E-state index is 11.4. The Bertz CT molecular complexity index is 211. The fourth-order valence-corrected chi connectivity index (χ4v) is 1.71. The van der Waals surface area contributed by atoms with E-state index in [0.29, 0.717) is 26.2 Å². The van der Waals surface area contributed by atoms with Gasteiger partial charge in [0.25, 0.3) is 0 Å². The SMILES string of the molecule is CCNCCNC(=O)CCOCC1CCCO1.Cl. The van der Waals surface area contributed by atoms with E-state index in [9.17, 15) is 4.79 Å². The Morgan fingerprint density at radius 3 is 2.94 bits per heavy atom. The molecule has 1 rings (SSSR count). The van der Waals surface area contributed by atoms with Crippen molar-refractivity contribution in [3.8, 4) is 0 Å². The zero-order valence-electron chi connectivity index (χ0n) is 11.1. The lowest BCUT2D eigenvalue weighted by molar-refractivity contribution is -0.122. The first-order chi connectivity index (χ1) is 8.33. The zero-order valence-corrected chi connectivity index (χ0v) is 11.9. The number of hydrogen-bond acceptors (Lipinski definition) is 4. The Kier molecular flexibility index (Phi) is 11.5. The number of carbonyl (C=O) groups excluding carboxylic acids is 1. The number of likely N-dealkylation sites (N-methyl/N-ethyl adjacent to an activating group) is 1. The molecule has 0 aromatic heterocycles. The highest BCUT2D eigenvalue weighted by atomic mass is 35.5. The first-order valence-electron chi connectivity index (χ1n) is 6.49. The molecular weight excluding hydrogens is 256 g/mol. The third-order valence-corrected chi connectivity index (χ3v) is 2.68. The molecule has 0 aliphatic carbocycles. The maximum Gasteiger partial charge on any atom is 0.222 e. The highest BCUT2D eigenvalue weighted by molar-refractivity contribution is 5.85. The molecule has 18 heavy (non-hydrogen) atoms. The fraction of sp³-hybridized carbons (Fsp3) is 0.917. The van der Waals surface area contributed by atoms with Crippen LogP contribution >= 0.6 is 12.4 Å². The molecule has 0 radical (unpaired) electrons. The standard InChI is InChI=1S/C12H24N2O3.ClH/c1-2-13-6-7-14-12(15)5-9-16-10-11-4-3-8-17-11;/h11,13H,2-10H2,1H3,(H,14,15);1H. The molecule has 1 heterocycles. The zero-order chi connectivity index (χ0) is 12.3. The van der Waals surface area contributed by atoms with Crippen molar-refractivity contribution in [2.45, 2.75) is 32.3 Å². The van der Waals surface area contributed by atoms with Gasteiger partial charge in [0.1, 0.15) is 0 Å². The van der Waals surface area contributed by atoms with Gasteiger partial charge in [-0.2, -0.15) is 0 Å². The lowest BCUT2D eigenvalue weighted by Gasteiger charge is -2.10. The summed E-state index contributed by atoms with van der Waals surface area (Å²) < 4.78 is 10.8. The Balaban J connectivity index is 0.00000289. The molecule has 0 spiro atoms. The van der Waals surface area contributed by atoms with Gasteiger partial charge in [0.2, 0.25) is 5.91 Å². The van der Waals surface area contributed by atoms with Gasteiger partial charge in [0.05, 0.1) is 19.3 Å². The second-order valence-corrected chi connectivity index (χ2v) is 4.16. The van der Waals surface area contributed by atoms with Crippen molar-refractivity contribution in [1.29, 1.82) is 0 Å². The molecule has 1 atom stereocenters. The summed E-state index contributed by atoms with van der Waals surface area (Å²) in [7, 11) is 0. The van der Waals surface area contributed by atoms with E-state index in [1.807, 2.05) is 6.92 Å². The van der Waals surface area contributed by atoms with Crippen molar-refractivity contribution in [2.75, 3.05) is 39.5 Å². The molecule has 2 N–H and O–H groups in total. The van der Waals surface area contributed by atoms with Crippen LogP contribution in [0.5, 0.6) is 0 Å². The quantitative estimate of drug-likeness (QED) is 0.611. The number of halogens is 1. The molecule has 1 unspecified atom stereocenters. The van der Waals surface area contributed by atoms with Crippen LogP contribution in [0.3, 0.4) is 0 Å². The summed E-state index contributed by atoms with van der Waals surface area (Å²) in [6.07, 6.45) is 2.87. The summed E-state index contributed by atoms with van der Waals surface area (Å²) in [6, 6.07) is 0. The van der Waals surface area contributed by atoms with Crippen molar-refractivity contribution < 1.29 is 14.3 Å². The second-order valence-electron chi connectivity index (χ2n) is 4.16. The molecule has 108 valence electrons. The van der Waals surface area contributed by atoms with Crippen molar-refractivity contribution in [3.63, 3.8) is 0 Å². The van der Waals surface area contributed by atoms with E-state index in [0.717, 1.165) is 32.5 Å². The number of ether oxygens (including phenoxy) is 2. The Morgan fingerprint density at radius 1 is 1.44 bits per heavy atom. The molecule has 1 fully saturated rings. The van der Waals surface area contributed by atoms with E-state index >= 15 is 0 Å². The first kappa shape index (κ1) is 17.6. The first-order valence-corrected chi connectivity index (χ1v) is 6.49. The van der Waals surface area contributed by atoms with Gasteiger partial charge in [-0.05, 0) is 19.4 Å². The van der Waals surface area contributed by atoms with E-state index < -0.39 is 0 Å². The largest absolute Gasteiger partial charge is 0.378 e. The van der Waals surface area contributed by atoms with Crippen LogP contribution in [-0.2, 0) is 14.3 Å². The minimum Gasteiger partial charge on any atom is -0.378 e. The summed E-state index contributed by atoms with van der Waals surface area (Å²) >= 11 is 0. The van der Waals surface area contributed by atoms with Crippen LogP contribution in [0.2, 0.25) is 0 Å². The minimum atomic E-state index is 0. The molecule has 1 aliphatic rings. The van der Waals surface area contributed by atoms with Crippen molar-refractivity contribution in [2.24, 2.45) is 0 Å². The molecule has 0 saturated carbocycles. The molecule has 6 heteroatoms. The monoisotopic (exact) mass is 280 g/mol. The molecule has 0 bridgehead atoms. The van der Waals surface area contributed by atoms with Gasteiger partial charge in [0.15, 0.2) is 0 Å². The average molecular weight is 281 g/mol. The minimum absolute atomic E-state index is 0. The molecule has 1 amide bonds. The molecule has 0 aromatic carbocycles. The Hall–Kier alpha value is -0.360. The highest BCUT2D eigenvalue weighted by Crippen LogP contribution is 2.11. The number of amides is 1. The van der Waals surface area contributed by atoms with Crippen molar-refractivity contribution >= 4 is 18.3 Å². The summed E-state index contributed by atoms with van der Waals surface area (Å²) in [5.74, 6) is 0.0512. The average Bonchev–Trinajstić information content (AvgIpc) is 2.83. The van der Waals surface area contributed by atoms with Gasteiger partial charge in [-0.15, -0.1) is 12.4 Å². The van der Waals surface area contributed by atoms with E-state index in [1.165, 1.54) is 0 Å². The van der Waals surface area contributed by atoms with Gasteiger partial charge < -0.3 is 20.1 Å². The predicted molar refractivity (Wildman–Crippen MR) is 73.2 cm³/mol. The van der Waals surface area contributed by atoms with E-state index in [2.05, 4.69) is 10.6 Å². The van der Waals surface area contributed by atoms with Crippen LogP contribution in [0.25, 0.3) is 0 Å². The third-order valence-electron chi connectivity index (χ3n) is 2.68. The van der Waals surface area contributed by atoms with Gasteiger partial charge in [-0.25, -0.2) is 0 Å². The smallest absolute Gasteiger partial charge is 0.222 e. The summed E-state index contributed by atoms with van der Waals surface area (Å²) in [4.78, 5) is 11.4. The van der Waals surface area contributed by atoms with Crippen LogP contribution in [0.15, 0.2) is 0 Å². The molecular formula is C12H25ClN2O3. The Labute approximate surface area is 115 Å². The highest BCUT2D eigenvalue weighted by Gasteiger charge is 2.15.